The molecular formula is C22H25FN2O4. The van der Waals surface area contributed by atoms with E-state index in [1.807, 2.05) is 37.3 Å². The van der Waals surface area contributed by atoms with Crippen molar-refractivity contribution < 1.29 is 23.5 Å². The lowest BCUT2D eigenvalue weighted by Gasteiger charge is -2.19. The quantitative estimate of drug-likeness (QED) is 0.545. The van der Waals surface area contributed by atoms with Gasteiger partial charge in [-0.25, -0.2) is 14.1 Å². The van der Waals surface area contributed by atoms with Crippen LogP contribution in [0.5, 0.6) is 0 Å². The minimum Gasteiger partial charge on any atom is -0.447 e. The molecule has 154 valence electrons. The minimum absolute atomic E-state index is 0.194. The lowest BCUT2D eigenvalue weighted by molar-refractivity contribution is -0.129. The predicted octanol–water partition coefficient (Wildman–Crippen LogP) is 3.78. The lowest BCUT2D eigenvalue weighted by atomic mass is 10.1. The van der Waals surface area contributed by atoms with E-state index >= 15 is 0 Å². The Hall–Kier alpha value is -3.09. The van der Waals surface area contributed by atoms with Crippen molar-refractivity contribution in [3.05, 3.63) is 65.2 Å². The van der Waals surface area contributed by atoms with Crippen LogP contribution in [0, 0.1) is 19.7 Å². The van der Waals surface area contributed by atoms with Gasteiger partial charge in [0.05, 0.1) is 11.7 Å². The summed E-state index contributed by atoms with van der Waals surface area (Å²) in [5, 5.41) is 0. The average molecular weight is 400 g/mol. The maximum absolute atomic E-state index is 12.5. The number of carbonyl (C=O) groups is 3. The van der Waals surface area contributed by atoms with Gasteiger partial charge >= 0.3 is 6.09 Å². The monoisotopic (exact) mass is 400 g/mol. The van der Waals surface area contributed by atoms with Crippen LogP contribution in [0.25, 0.3) is 0 Å². The molecule has 0 N–H and O–H groups in total. The van der Waals surface area contributed by atoms with E-state index < -0.39 is 6.09 Å². The number of carbonyl (C=O) groups excluding carboxylic acids is 3. The molecule has 0 spiro atoms. The molecule has 3 rings (SSSR count). The first-order valence-corrected chi connectivity index (χ1v) is 9.47. The zero-order valence-corrected chi connectivity index (χ0v) is 16.6. The van der Waals surface area contributed by atoms with Gasteiger partial charge in [0, 0.05) is 19.0 Å². The molecule has 1 aromatic carbocycles. The molecule has 1 saturated heterocycles. The second kappa shape index (κ2) is 11.0. The number of hydrogen-bond donors (Lipinski definition) is 0. The summed E-state index contributed by atoms with van der Waals surface area (Å²) in [6.07, 6.45) is 3.42. The summed E-state index contributed by atoms with van der Waals surface area (Å²) < 4.78 is 17.5. The van der Waals surface area contributed by atoms with E-state index in [9.17, 15) is 18.8 Å². The zero-order chi connectivity index (χ0) is 21.2. The molecule has 7 heteroatoms. The van der Waals surface area contributed by atoms with Crippen molar-refractivity contribution in [2.75, 3.05) is 6.61 Å². The topological polar surface area (TPSA) is 76.6 Å². The van der Waals surface area contributed by atoms with Crippen molar-refractivity contribution >= 4 is 18.3 Å². The summed E-state index contributed by atoms with van der Waals surface area (Å²) in [6, 6.07) is 10.9. The van der Waals surface area contributed by atoms with Gasteiger partial charge in [0.15, 0.2) is 0 Å². The van der Waals surface area contributed by atoms with Crippen LogP contribution in [-0.2, 0) is 20.7 Å². The molecule has 2 heterocycles. The van der Waals surface area contributed by atoms with Crippen molar-refractivity contribution in [2.45, 2.75) is 45.6 Å². The Kier molecular flexibility index (Phi) is 8.45. The SMILES string of the molecule is Cc1cnc(C)c(F)c1.O=CCCCC(=O)N1C(=O)OCC1Cc1ccccc1. The summed E-state index contributed by atoms with van der Waals surface area (Å²) in [4.78, 5) is 39.0. The summed E-state index contributed by atoms with van der Waals surface area (Å²) >= 11 is 0. The zero-order valence-electron chi connectivity index (χ0n) is 16.6. The molecule has 1 aliphatic rings. The number of pyridine rings is 1. The fourth-order valence-corrected chi connectivity index (χ4v) is 2.86. The van der Waals surface area contributed by atoms with E-state index in [0.29, 0.717) is 25.0 Å². The lowest BCUT2D eigenvalue weighted by Crippen LogP contribution is -2.40. The number of benzene rings is 1. The molecule has 1 fully saturated rings. The largest absolute Gasteiger partial charge is 0.447 e. The standard InChI is InChI=1S/C15H17NO4.C7H8FN/c17-9-5-4-8-14(18)16-13(11-20-15(16)19)10-12-6-2-1-3-7-12;1-5-3-7(8)6(2)9-4-5/h1-3,6-7,9,13H,4-5,8,10-11H2;3-4H,1-2H3. The van der Waals surface area contributed by atoms with Gasteiger partial charge in [-0.15, -0.1) is 0 Å². The summed E-state index contributed by atoms with van der Waals surface area (Å²) in [5.74, 6) is -0.495. The average Bonchev–Trinajstić information content (AvgIpc) is 3.06. The smallest absolute Gasteiger partial charge is 0.416 e. The fourth-order valence-electron chi connectivity index (χ4n) is 2.86. The summed E-state index contributed by atoms with van der Waals surface area (Å²) in [5.41, 5.74) is 2.38. The Morgan fingerprint density at radius 2 is 2.03 bits per heavy atom. The van der Waals surface area contributed by atoms with E-state index in [1.165, 1.54) is 11.0 Å². The Labute approximate surface area is 169 Å². The molecule has 0 aliphatic carbocycles. The van der Waals surface area contributed by atoms with Gasteiger partial charge < -0.3 is 9.53 Å². The highest BCUT2D eigenvalue weighted by Crippen LogP contribution is 2.19. The van der Waals surface area contributed by atoms with Crippen molar-refractivity contribution in [1.29, 1.82) is 0 Å². The highest BCUT2D eigenvalue weighted by molar-refractivity contribution is 5.93. The molecule has 6 nitrogen and oxygen atoms in total. The Morgan fingerprint density at radius 3 is 2.66 bits per heavy atom. The van der Waals surface area contributed by atoms with Crippen LogP contribution in [0.4, 0.5) is 9.18 Å². The Bertz CT molecular complexity index is 842. The number of cyclic esters (lactones) is 1. The number of ether oxygens (including phenoxy) is 1. The number of halogens is 1. The van der Waals surface area contributed by atoms with Gasteiger partial charge in [-0.2, -0.15) is 0 Å². The van der Waals surface area contributed by atoms with Gasteiger partial charge in [-0.3, -0.25) is 9.78 Å². The molecule has 1 aliphatic heterocycles. The second-order valence-electron chi connectivity index (χ2n) is 6.82. The first kappa shape index (κ1) is 22.2. The number of hydrogen-bond acceptors (Lipinski definition) is 5. The molecule has 0 saturated carbocycles. The number of rotatable bonds is 6. The first-order valence-electron chi connectivity index (χ1n) is 9.47. The summed E-state index contributed by atoms with van der Waals surface area (Å²) in [6.45, 7) is 3.69. The van der Waals surface area contributed by atoms with Gasteiger partial charge in [0.25, 0.3) is 0 Å². The molecule has 29 heavy (non-hydrogen) atoms. The third kappa shape index (κ3) is 6.78. The van der Waals surface area contributed by atoms with E-state index in [-0.39, 0.29) is 30.8 Å². The molecule has 1 atom stereocenters. The van der Waals surface area contributed by atoms with Gasteiger partial charge in [-0.05, 0) is 43.9 Å². The molecule has 0 bridgehead atoms. The number of aryl methyl sites for hydroxylation is 2. The number of amides is 2. The third-order valence-electron chi connectivity index (χ3n) is 4.42. The van der Waals surface area contributed by atoms with E-state index in [2.05, 4.69) is 4.98 Å². The van der Waals surface area contributed by atoms with Crippen molar-refractivity contribution in [2.24, 2.45) is 0 Å². The normalized spacial score (nSPS) is 15.3. The van der Waals surface area contributed by atoms with Gasteiger partial charge in [0.2, 0.25) is 5.91 Å². The third-order valence-corrected chi connectivity index (χ3v) is 4.42. The van der Waals surface area contributed by atoms with Crippen LogP contribution in [-0.4, -0.2) is 40.8 Å². The number of aromatic nitrogens is 1. The van der Waals surface area contributed by atoms with E-state index in [0.717, 1.165) is 17.4 Å². The maximum Gasteiger partial charge on any atom is 0.416 e. The minimum atomic E-state index is -0.581. The van der Waals surface area contributed by atoms with Crippen LogP contribution in [0.1, 0.15) is 36.1 Å². The highest BCUT2D eigenvalue weighted by Gasteiger charge is 2.37. The van der Waals surface area contributed by atoms with Crippen LogP contribution in [0.2, 0.25) is 0 Å². The number of unbranched alkanes of at least 4 members (excludes halogenated alkanes) is 1. The first-order chi connectivity index (χ1) is 13.9. The van der Waals surface area contributed by atoms with Crippen LogP contribution in [0.3, 0.4) is 0 Å². The molecule has 2 aromatic rings. The van der Waals surface area contributed by atoms with Gasteiger partial charge in [-0.1, -0.05) is 30.3 Å². The van der Waals surface area contributed by atoms with Crippen molar-refractivity contribution in [1.82, 2.24) is 9.88 Å². The van der Waals surface area contributed by atoms with Crippen molar-refractivity contribution in [3.8, 4) is 0 Å². The number of nitrogens with zero attached hydrogens (tertiary/aromatic N) is 2. The Balaban J connectivity index is 0.000000278. The van der Waals surface area contributed by atoms with E-state index in [1.54, 1.807) is 13.1 Å². The van der Waals surface area contributed by atoms with Gasteiger partial charge in [0.1, 0.15) is 18.7 Å². The predicted molar refractivity (Wildman–Crippen MR) is 106 cm³/mol. The Morgan fingerprint density at radius 1 is 1.31 bits per heavy atom. The molecule has 1 unspecified atom stereocenters. The number of imide groups is 1. The maximum atomic E-state index is 12.5. The summed E-state index contributed by atoms with van der Waals surface area (Å²) in [7, 11) is 0. The molecule has 2 amide bonds. The second-order valence-corrected chi connectivity index (χ2v) is 6.82. The van der Waals surface area contributed by atoms with E-state index in [4.69, 9.17) is 4.74 Å². The van der Waals surface area contributed by atoms with Crippen LogP contribution < -0.4 is 0 Å². The molecule has 0 radical (unpaired) electrons. The van der Waals surface area contributed by atoms with Crippen LogP contribution >= 0.6 is 0 Å². The van der Waals surface area contributed by atoms with Crippen LogP contribution in [0.15, 0.2) is 42.6 Å². The highest BCUT2D eigenvalue weighted by atomic mass is 19.1. The van der Waals surface area contributed by atoms with Crippen molar-refractivity contribution in [3.63, 3.8) is 0 Å². The fraction of sp³-hybridized carbons (Fsp3) is 0.364. The molecule has 1 aromatic heterocycles. The number of aldehydes is 1. The molecular weight excluding hydrogens is 375 g/mol.